The van der Waals surface area contributed by atoms with Crippen LogP contribution in [-0.4, -0.2) is 10.2 Å². The fourth-order valence-electron chi connectivity index (χ4n) is 1.79. The van der Waals surface area contributed by atoms with Crippen LogP contribution >= 0.6 is 11.3 Å². The maximum atomic E-state index is 4.08. The minimum atomic E-state index is 0.249. The van der Waals surface area contributed by atoms with Gasteiger partial charge >= 0.3 is 0 Å². The van der Waals surface area contributed by atoms with E-state index in [4.69, 9.17) is 0 Å². The van der Waals surface area contributed by atoms with Crippen molar-refractivity contribution in [1.29, 1.82) is 0 Å². The van der Waals surface area contributed by atoms with Crippen LogP contribution in [0, 0.1) is 6.92 Å². The van der Waals surface area contributed by atoms with E-state index in [-0.39, 0.29) is 6.04 Å². The van der Waals surface area contributed by atoms with Crippen LogP contribution in [-0.2, 0) is 0 Å². The quantitative estimate of drug-likeness (QED) is 0.898. The second-order valence-corrected chi connectivity index (χ2v) is 6.00. The molecule has 1 N–H and O–H groups in total. The van der Waals surface area contributed by atoms with Gasteiger partial charge in [-0.3, -0.25) is 0 Å². The van der Waals surface area contributed by atoms with E-state index in [2.05, 4.69) is 60.6 Å². The van der Waals surface area contributed by atoms with E-state index in [0.717, 1.165) is 10.1 Å². The van der Waals surface area contributed by atoms with Crippen molar-refractivity contribution >= 4 is 16.5 Å². The second-order valence-electron chi connectivity index (χ2n) is 4.81. The Hall–Kier alpha value is -1.42. The Labute approximate surface area is 112 Å². The summed E-state index contributed by atoms with van der Waals surface area (Å²) in [4.78, 5) is 0. The highest BCUT2D eigenvalue weighted by Crippen LogP contribution is 2.23. The number of hydrogen-bond donors (Lipinski definition) is 1. The highest BCUT2D eigenvalue weighted by Gasteiger charge is 2.08. The minimum absolute atomic E-state index is 0.249. The van der Waals surface area contributed by atoms with Crippen molar-refractivity contribution < 1.29 is 0 Å². The largest absolute Gasteiger partial charge is 0.354 e. The first kappa shape index (κ1) is 13.0. The van der Waals surface area contributed by atoms with Crippen LogP contribution in [0.2, 0.25) is 0 Å². The summed E-state index contributed by atoms with van der Waals surface area (Å²) < 4.78 is 0. The number of anilines is 1. The zero-order valence-corrected chi connectivity index (χ0v) is 12.1. The number of nitrogens with one attached hydrogen (secondary N) is 1. The van der Waals surface area contributed by atoms with Gasteiger partial charge in [0.2, 0.25) is 5.13 Å². The summed E-state index contributed by atoms with van der Waals surface area (Å²) in [7, 11) is 0. The second kappa shape index (κ2) is 5.48. The fraction of sp³-hybridized carbons (Fsp3) is 0.429. The number of benzene rings is 1. The molecule has 1 aromatic heterocycles. The molecule has 0 amide bonds. The summed E-state index contributed by atoms with van der Waals surface area (Å²) in [6.45, 7) is 8.52. The van der Waals surface area contributed by atoms with Gasteiger partial charge in [0.15, 0.2) is 0 Å². The first-order chi connectivity index (χ1) is 8.56. The third-order valence-electron chi connectivity index (χ3n) is 2.97. The van der Waals surface area contributed by atoms with E-state index in [1.54, 1.807) is 11.3 Å². The lowest BCUT2D eigenvalue weighted by Gasteiger charge is -2.14. The number of hydrogen-bond acceptors (Lipinski definition) is 4. The normalized spacial score (nSPS) is 12.7. The van der Waals surface area contributed by atoms with Gasteiger partial charge < -0.3 is 5.32 Å². The van der Waals surface area contributed by atoms with E-state index in [9.17, 15) is 0 Å². The van der Waals surface area contributed by atoms with Crippen molar-refractivity contribution in [2.24, 2.45) is 0 Å². The Balaban J connectivity index is 2.06. The Morgan fingerprint density at radius 2 is 1.61 bits per heavy atom. The van der Waals surface area contributed by atoms with Gasteiger partial charge in [0.05, 0.1) is 6.04 Å². The van der Waals surface area contributed by atoms with Crippen LogP contribution in [0.25, 0.3) is 0 Å². The van der Waals surface area contributed by atoms with E-state index in [1.807, 2.05) is 6.92 Å². The van der Waals surface area contributed by atoms with E-state index in [1.165, 1.54) is 11.1 Å². The maximum Gasteiger partial charge on any atom is 0.206 e. The molecule has 0 fully saturated rings. The van der Waals surface area contributed by atoms with Crippen molar-refractivity contribution in [3.8, 4) is 0 Å². The third kappa shape index (κ3) is 3.07. The van der Waals surface area contributed by atoms with Crippen LogP contribution in [0.15, 0.2) is 24.3 Å². The predicted molar refractivity (Wildman–Crippen MR) is 77.2 cm³/mol. The number of rotatable bonds is 4. The van der Waals surface area contributed by atoms with Crippen molar-refractivity contribution in [3.05, 3.63) is 40.4 Å². The Bertz CT molecular complexity index is 502. The summed E-state index contributed by atoms with van der Waals surface area (Å²) in [5, 5.41) is 13.3. The summed E-state index contributed by atoms with van der Waals surface area (Å²) in [5.41, 5.74) is 2.64. The van der Waals surface area contributed by atoms with Gasteiger partial charge in [-0.05, 0) is 30.9 Å². The van der Waals surface area contributed by atoms with Crippen LogP contribution in [0.1, 0.15) is 48.9 Å². The van der Waals surface area contributed by atoms with Gasteiger partial charge in [0.25, 0.3) is 0 Å². The molecule has 0 bridgehead atoms. The molecule has 1 heterocycles. The minimum Gasteiger partial charge on any atom is -0.354 e. The highest BCUT2D eigenvalue weighted by atomic mass is 32.1. The van der Waals surface area contributed by atoms with Crippen LogP contribution in [0.5, 0.6) is 0 Å². The Morgan fingerprint density at radius 1 is 1.00 bits per heavy atom. The van der Waals surface area contributed by atoms with Crippen LogP contribution in [0.3, 0.4) is 0 Å². The first-order valence-electron chi connectivity index (χ1n) is 6.22. The summed E-state index contributed by atoms with van der Waals surface area (Å²) in [6.07, 6.45) is 0. The molecular formula is C14H19N3S. The lowest BCUT2D eigenvalue weighted by molar-refractivity contribution is 0.848. The molecule has 1 unspecified atom stereocenters. The van der Waals surface area contributed by atoms with Crippen LogP contribution < -0.4 is 5.32 Å². The molecule has 1 aromatic carbocycles. The van der Waals surface area contributed by atoms with Gasteiger partial charge in [-0.1, -0.05) is 49.4 Å². The van der Waals surface area contributed by atoms with Crippen LogP contribution in [0.4, 0.5) is 5.13 Å². The molecule has 0 aliphatic heterocycles. The molecule has 2 rings (SSSR count). The highest BCUT2D eigenvalue weighted by molar-refractivity contribution is 7.15. The molecule has 18 heavy (non-hydrogen) atoms. The number of aromatic nitrogens is 2. The smallest absolute Gasteiger partial charge is 0.206 e. The van der Waals surface area contributed by atoms with E-state index < -0.39 is 0 Å². The molecule has 1 atom stereocenters. The molecule has 4 heteroatoms. The average molecular weight is 261 g/mol. The van der Waals surface area contributed by atoms with Gasteiger partial charge in [0, 0.05) is 0 Å². The number of nitrogens with zero attached hydrogens (tertiary/aromatic N) is 2. The molecule has 0 aliphatic rings. The molecule has 96 valence electrons. The standard InChI is InChI=1S/C14H19N3S/c1-9(2)12-5-7-13(8-6-12)10(3)15-14-17-16-11(4)18-14/h5-10H,1-4H3,(H,15,17). The fourth-order valence-corrected chi connectivity index (χ4v) is 2.47. The molecular weight excluding hydrogens is 242 g/mol. The topological polar surface area (TPSA) is 37.8 Å². The summed E-state index contributed by atoms with van der Waals surface area (Å²) >= 11 is 1.59. The van der Waals surface area contributed by atoms with Crippen molar-refractivity contribution in [2.45, 2.75) is 39.7 Å². The molecule has 0 aliphatic carbocycles. The zero-order chi connectivity index (χ0) is 13.1. The lowest BCUT2D eigenvalue weighted by Crippen LogP contribution is -2.06. The maximum absolute atomic E-state index is 4.08. The van der Waals surface area contributed by atoms with E-state index >= 15 is 0 Å². The summed E-state index contributed by atoms with van der Waals surface area (Å²) in [5.74, 6) is 0.577. The summed E-state index contributed by atoms with van der Waals surface area (Å²) in [6, 6.07) is 9.01. The first-order valence-corrected chi connectivity index (χ1v) is 7.04. The van der Waals surface area contributed by atoms with Gasteiger partial charge in [-0.2, -0.15) is 0 Å². The average Bonchev–Trinajstić information content (AvgIpc) is 2.75. The lowest BCUT2D eigenvalue weighted by atomic mass is 10.00. The van der Waals surface area contributed by atoms with Crippen molar-refractivity contribution in [2.75, 3.05) is 5.32 Å². The molecule has 2 aromatic rings. The third-order valence-corrected chi connectivity index (χ3v) is 3.74. The number of aryl methyl sites for hydroxylation is 1. The van der Waals surface area contributed by atoms with E-state index in [0.29, 0.717) is 5.92 Å². The predicted octanol–water partition coefficient (Wildman–Crippen LogP) is 4.14. The van der Waals surface area contributed by atoms with Gasteiger partial charge in [-0.25, -0.2) is 0 Å². The van der Waals surface area contributed by atoms with Crippen molar-refractivity contribution in [1.82, 2.24) is 10.2 Å². The molecule has 0 saturated carbocycles. The SMILES string of the molecule is Cc1nnc(NC(C)c2ccc(C(C)C)cc2)s1. The zero-order valence-electron chi connectivity index (χ0n) is 11.3. The van der Waals surface area contributed by atoms with Gasteiger partial charge in [-0.15, -0.1) is 10.2 Å². The van der Waals surface area contributed by atoms with Gasteiger partial charge in [0.1, 0.15) is 5.01 Å². The van der Waals surface area contributed by atoms with Crippen molar-refractivity contribution in [3.63, 3.8) is 0 Å². The monoisotopic (exact) mass is 261 g/mol. The molecule has 3 nitrogen and oxygen atoms in total. The molecule has 0 radical (unpaired) electrons. The molecule has 0 spiro atoms. The Morgan fingerprint density at radius 3 is 2.11 bits per heavy atom. The molecule has 0 saturated heterocycles. The Kier molecular flexibility index (Phi) is 3.97.